The number of hydrogen-bond donors (Lipinski definition) is 1. The monoisotopic (exact) mass is 263 g/mol. The molecule has 0 amide bonds. The van der Waals surface area contributed by atoms with Crippen molar-refractivity contribution in [2.75, 3.05) is 5.73 Å². The van der Waals surface area contributed by atoms with Crippen molar-refractivity contribution < 1.29 is 4.74 Å². The van der Waals surface area contributed by atoms with Crippen LogP contribution in [0, 0.1) is 0 Å². The predicted octanol–water partition coefficient (Wildman–Crippen LogP) is 2.76. The van der Waals surface area contributed by atoms with Gasteiger partial charge in [0, 0.05) is 0 Å². The smallest absolute Gasteiger partial charge is 0.201 e. The van der Waals surface area contributed by atoms with Crippen molar-refractivity contribution in [3.8, 4) is 0 Å². The van der Waals surface area contributed by atoms with Crippen molar-refractivity contribution in [1.82, 2.24) is 9.55 Å². The second kappa shape index (κ2) is 3.62. The van der Waals surface area contributed by atoms with Gasteiger partial charge in [-0.15, -0.1) is 0 Å². The first-order valence-electron chi connectivity index (χ1n) is 6.31. The lowest BCUT2D eigenvalue weighted by molar-refractivity contribution is 0.0945. The van der Waals surface area contributed by atoms with Crippen LogP contribution in [0.4, 0.5) is 5.95 Å². The molecule has 1 aromatic heterocycles. The summed E-state index contributed by atoms with van der Waals surface area (Å²) in [4.78, 5) is 4.39. The average Bonchev–Trinajstić information content (AvgIpc) is 3.02. The highest BCUT2D eigenvalue weighted by atomic mass is 35.5. The quantitative estimate of drug-likeness (QED) is 0.861. The van der Waals surface area contributed by atoms with Gasteiger partial charge in [-0.2, -0.15) is 0 Å². The molecule has 2 aliphatic rings. The summed E-state index contributed by atoms with van der Waals surface area (Å²) in [6.07, 6.45) is 4.01. The van der Waals surface area contributed by atoms with Gasteiger partial charge in [-0.3, -0.25) is 0 Å². The predicted molar refractivity (Wildman–Crippen MR) is 70.7 cm³/mol. The lowest BCUT2D eigenvalue weighted by atomic mass is 9.95. The van der Waals surface area contributed by atoms with E-state index >= 15 is 0 Å². The van der Waals surface area contributed by atoms with Crippen LogP contribution in [0.3, 0.4) is 0 Å². The number of para-hydroxylation sites is 1. The summed E-state index contributed by atoms with van der Waals surface area (Å²) in [7, 11) is 0. The van der Waals surface area contributed by atoms with E-state index in [1.807, 2.05) is 18.2 Å². The fourth-order valence-electron chi connectivity index (χ4n) is 3.33. The molecule has 2 aromatic rings. The Labute approximate surface area is 110 Å². The minimum absolute atomic E-state index is 0.286. The van der Waals surface area contributed by atoms with Crippen LogP contribution in [0.5, 0.6) is 0 Å². The van der Waals surface area contributed by atoms with Crippen LogP contribution in [-0.4, -0.2) is 21.8 Å². The van der Waals surface area contributed by atoms with E-state index in [4.69, 9.17) is 22.1 Å². The van der Waals surface area contributed by atoms with E-state index < -0.39 is 0 Å². The van der Waals surface area contributed by atoms with Crippen LogP contribution < -0.4 is 5.73 Å². The van der Waals surface area contributed by atoms with Gasteiger partial charge in [0.25, 0.3) is 0 Å². The molecule has 4 nitrogen and oxygen atoms in total. The minimum atomic E-state index is 0.286. The molecule has 0 saturated carbocycles. The Balaban J connectivity index is 1.90. The number of nitrogen functional groups attached to an aromatic ring is 1. The maximum Gasteiger partial charge on any atom is 0.201 e. The van der Waals surface area contributed by atoms with Crippen LogP contribution in [0.1, 0.15) is 25.3 Å². The maximum atomic E-state index is 6.17. The van der Waals surface area contributed by atoms with Crippen molar-refractivity contribution in [2.45, 2.75) is 37.5 Å². The molecule has 2 N–H and O–H groups in total. The number of ether oxygens (including phenoxy) is 1. The number of anilines is 1. The molecule has 1 aromatic carbocycles. The Morgan fingerprint density at radius 1 is 1.39 bits per heavy atom. The number of aromatic nitrogens is 2. The number of hydrogen-bond acceptors (Lipinski definition) is 3. The van der Waals surface area contributed by atoms with Crippen molar-refractivity contribution in [2.24, 2.45) is 0 Å². The van der Waals surface area contributed by atoms with E-state index in [1.165, 1.54) is 6.42 Å². The summed E-state index contributed by atoms with van der Waals surface area (Å²) in [5.41, 5.74) is 7.88. The zero-order chi connectivity index (χ0) is 12.3. The van der Waals surface area contributed by atoms with Crippen LogP contribution in [0.15, 0.2) is 18.2 Å². The number of nitrogens with zero attached hydrogens (tertiary/aromatic N) is 2. The third-order valence-corrected chi connectivity index (χ3v) is 4.41. The van der Waals surface area contributed by atoms with E-state index in [0.29, 0.717) is 23.1 Å². The number of rotatable bonds is 1. The van der Waals surface area contributed by atoms with E-state index in [0.717, 1.165) is 23.9 Å². The third kappa shape index (κ3) is 1.33. The Bertz CT molecular complexity index is 624. The third-order valence-electron chi connectivity index (χ3n) is 4.10. The van der Waals surface area contributed by atoms with Gasteiger partial charge in [-0.05, 0) is 31.4 Å². The van der Waals surface area contributed by atoms with Crippen LogP contribution in [0.25, 0.3) is 11.0 Å². The van der Waals surface area contributed by atoms with Gasteiger partial charge < -0.3 is 15.0 Å². The summed E-state index contributed by atoms with van der Waals surface area (Å²) in [5.74, 6) is 0.541. The van der Waals surface area contributed by atoms with Gasteiger partial charge in [-0.25, -0.2) is 4.98 Å². The topological polar surface area (TPSA) is 53.1 Å². The fraction of sp³-hybridized carbons (Fsp3) is 0.462. The van der Waals surface area contributed by atoms with E-state index in [2.05, 4.69) is 9.55 Å². The highest BCUT2D eigenvalue weighted by molar-refractivity contribution is 6.35. The molecule has 2 fully saturated rings. The standard InChI is InChI=1S/C13H14ClN3O/c14-8-2-1-3-9-12(8)16-13(15)17(9)10-6-7-4-5-11(10)18-7/h1-3,7,10-11H,4-6H2,(H2,15,16). The van der Waals surface area contributed by atoms with Crippen molar-refractivity contribution >= 4 is 28.6 Å². The molecule has 0 aliphatic carbocycles. The van der Waals surface area contributed by atoms with E-state index in [1.54, 1.807) is 0 Å². The molecule has 0 spiro atoms. The normalized spacial score (nSPS) is 30.4. The molecule has 4 rings (SSSR count). The molecule has 0 radical (unpaired) electrons. The Kier molecular flexibility index (Phi) is 2.14. The van der Waals surface area contributed by atoms with Crippen LogP contribution in [-0.2, 0) is 4.74 Å². The minimum Gasteiger partial charge on any atom is -0.373 e. The van der Waals surface area contributed by atoms with Gasteiger partial charge in [0.1, 0.15) is 5.52 Å². The number of halogens is 1. The molecule has 3 heterocycles. The average molecular weight is 264 g/mol. The molecule has 5 heteroatoms. The van der Waals surface area contributed by atoms with Crippen molar-refractivity contribution in [1.29, 1.82) is 0 Å². The molecule has 3 atom stereocenters. The number of imidazole rings is 1. The Morgan fingerprint density at radius 2 is 2.28 bits per heavy atom. The SMILES string of the molecule is Nc1nc2c(Cl)cccc2n1C1CC2CCC1O2. The summed E-state index contributed by atoms with van der Waals surface area (Å²) in [6, 6.07) is 6.12. The summed E-state index contributed by atoms with van der Waals surface area (Å²) >= 11 is 6.17. The second-order valence-electron chi connectivity index (χ2n) is 5.12. The van der Waals surface area contributed by atoms with Crippen molar-refractivity contribution in [3.63, 3.8) is 0 Å². The molecule has 3 unspecified atom stereocenters. The zero-order valence-corrected chi connectivity index (χ0v) is 10.6. The molecule has 94 valence electrons. The highest BCUT2D eigenvalue weighted by Gasteiger charge is 2.42. The first-order chi connectivity index (χ1) is 8.74. The molecule has 2 aliphatic heterocycles. The molecule has 2 saturated heterocycles. The first kappa shape index (κ1) is 10.6. The van der Waals surface area contributed by atoms with E-state index in [9.17, 15) is 0 Å². The van der Waals surface area contributed by atoms with Gasteiger partial charge in [0.05, 0.1) is 28.8 Å². The highest BCUT2D eigenvalue weighted by Crippen LogP contribution is 2.44. The Morgan fingerprint density at radius 3 is 3.00 bits per heavy atom. The Hall–Kier alpha value is -1.26. The second-order valence-corrected chi connectivity index (χ2v) is 5.53. The van der Waals surface area contributed by atoms with Gasteiger partial charge >= 0.3 is 0 Å². The number of fused-ring (bicyclic) bond motifs is 3. The lowest BCUT2D eigenvalue weighted by Crippen LogP contribution is -2.22. The van der Waals surface area contributed by atoms with Crippen molar-refractivity contribution in [3.05, 3.63) is 23.2 Å². The summed E-state index contributed by atoms with van der Waals surface area (Å²) in [6.45, 7) is 0. The summed E-state index contributed by atoms with van der Waals surface area (Å²) < 4.78 is 8.01. The number of benzene rings is 1. The van der Waals surface area contributed by atoms with E-state index in [-0.39, 0.29) is 6.10 Å². The van der Waals surface area contributed by atoms with Gasteiger partial charge in [0.15, 0.2) is 0 Å². The van der Waals surface area contributed by atoms with Crippen LogP contribution in [0.2, 0.25) is 5.02 Å². The first-order valence-corrected chi connectivity index (χ1v) is 6.69. The molecule has 2 bridgehead atoms. The fourth-order valence-corrected chi connectivity index (χ4v) is 3.54. The molecule has 18 heavy (non-hydrogen) atoms. The van der Waals surface area contributed by atoms with Gasteiger partial charge in [0.2, 0.25) is 5.95 Å². The zero-order valence-electron chi connectivity index (χ0n) is 9.84. The molecular formula is C13H14ClN3O. The largest absolute Gasteiger partial charge is 0.373 e. The number of nitrogens with two attached hydrogens (primary N) is 1. The maximum absolute atomic E-state index is 6.17. The van der Waals surface area contributed by atoms with Crippen LogP contribution >= 0.6 is 11.6 Å². The summed E-state index contributed by atoms with van der Waals surface area (Å²) in [5, 5.41) is 0.655. The lowest BCUT2D eigenvalue weighted by Gasteiger charge is -2.21. The van der Waals surface area contributed by atoms with Gasteiger partial charge in [-0.1, -0.05) is 17.7 Å². The molecular weight excluding hydrogens is 250 g/mol.